The Hall–Kier alpha value is -2.38. The third kappa shape index (κ3) is 5.10. The fourth-order valence-electron chi connectivity index (χ4n) is 4.01. The lowest BCUT2D eigenvalue weighted by atomic mass is 10.1. The molecule has 0 radical (unpaired) electrons. The molecule has 2 aromatic carbocycles. The molecule has 0 aliphatic carbocycles. The summed E-state index contributed by atoms with van der Waals surface area (Å²) in [5.41, 5.74) is 3.31. The summed E-state index contributed by atoms with van der Waals surface area (Å²) in [5.74, 6) is -0.182. The number of hydrogen-bond donors (Lipinski definition) is 0. The van der Waals surface area contributed by atoms with Crippen molar-refractivity contribution in [2.24, 2.45) is 0 Å². The number of hydrogen-bond acceptors (Lipinski definition) is 4. The summed E-state index contributed by atoms with van der Waals surface area (Å²) in [6, 6.07) is 12.9. The van der Waals surface area contributed by atoms with Gasteiger partial charge in [0.25, 0.3) is 5.91 Å². The third-order valence-corrected chi connectivity index (χ3v) is 8.02. The minimum atomic E-state index is -3.62. The molecule has 7 heteroatoms. The monoisotopic (exact) mass is 443 g/mol. The number of nitrogens with zero attached hydrogens (tertiary/aromatic N) is 3. The minimum absolute atomic E-state index is 0.0213. The van der Waals surface area contributed by atoms with E-state index in [4.69, 9.17) is 0 Å². The van der Waals surface area contributed by atoms with Crippen molar-refractivity contribution >= 4 is 21.6 Å². The van der Waals surface area contributed by atoms with Gasteiger partial charge in [-0.1, -0.05) is 24.6 Å². The summed E-state index contributed by atoms with van der Waals surface area (Å²) in [6.45, 7) is 4.77. The zero-order valence-electron chi connectivity index (χ0n) is 19.1. The van der Waals surface area contributed by atoms with Gasteiger partial charge in [-0.15, -0.1) is 0 Å². The van der Waals surface area contributed by atoms with Gasteiger partial charge in [0.2, 0.25) is 10.0 Å². The van der Waals surface area contributed by atoms with Gasteiger partial charge in [0, 0.05) is 51.5 Å². The largest absolute Gasteiger partial charge is 0.378 e. The molecule has 1 atom stereocenters. The third-order valence-electron chi connectivity index (χ3n) is 6.01. The Balaban J connectivity index is 1.82. The van der Waals surface area contributed by atoms with Crippen LogP contribution in [0.3, 0.4) is 0 Å². The Bertz CT molecular complexity index is 1030. The maximum Gasteiger partial charge on any atom is 0.254 e. The number of rotatable bonds is 6. The lowest BCUT2D eigenvalue weighted by Crippen LogP contribution is -2.42. The molecule has 168 valence electrons. The van der Waals surface area contributed by atoms with Gasteiger partial charge in [-0.2, -0.15) is 4.31 Å². The average molecular weight is 444 g/mol. The van der Waals surface area contributed by atoms with Crippen LogP contribution in [-0.4, -0.2) is 57.3 Å². The highest BCUT2D eigenvalue weighted by molar-refractivity contribution is 7.89. The number of carbonyl (C=O) groups excluding carboxylic acids is 1. The van der Waals surface area contributed by atoms with E-state index >= 15 is 0 Å². The van der Waals surface area contributed by atoms with Gasteiger partial charge in [0.15, 0.2) is 0 Å². The highest BCUT2D eigenvalue weighted by Crippen LogP contribution is 2.27. The van der Waals surface area contributed by atoms with E-state index in [0.717, 1.165) is 36.1 Å². The standard InChI is InChI=1S/C24H33N3O3S/c1-18-9-14-22(31(29,30)27-15-7-6-8-19(27)2)16-23(18)24(28)26(5)17-20-10-12-21(13-11-20)25(3)4/h9-14,16,19H,6-8,15,17H2,1-5H3. The van der Waals surface area contributed by atoms with Crippen molar-refractivity contribution in [3.63, 3.8) is 0 Å². The lowest BCUT2D eigenvalue weighted by Gasteiger charge is -2.32. The molecule has 2 aromatic rings. The minimum Gasteiger partial charge on any atom is -0.378 e. The predicted octanol–water partition coefficient (Wildman–Crippen LogP) is 3.90. The Morgan fingerprint density at radius 1 is 1.06 bits per heavy atom. The molecule has 1 saturated heterocycles. The molecule has 1 fully saturated rings. The Kier molecular flexibility index (Phi) is 7.06. The predicted molar refractivity (Wildman–Crippen MR) is 125 cm³/mol. The molecular weight excluding hydrogens is 410 g/mol. The van der Waals surface area contributed by atoms with Crippen LogP contribution in [0.25, 0.3) is 0 Å². The van der Waals surface area contributed by atoms with E-state index in [9.17, 15) is 13.2 Å². The summed E-state index contributed by atoms with van der Waals surface area (Å²) in [5, 5.41) is 0. The van der Waals surface area contributed by atoms with Crippen LogP contribution in [0, 0.1) is 6.92 Å². The van der Waals surface area contributed by atoms with Crippen LogP contribution < -0.4 is 4.90 Å². The van der Waals surface area contributed by atoms with Gasteiger partial charge in [-0.05, 0) is 62.1 Å². The zero-order valence-corrected chi connectivity index (χ0v) is 19.9. The van der Waals surface area contributed by atoms with Crippen LogP contribution in [0.5, 0.6) is 0 Å². The number of sulfonamides is 1. The fraction of sp³-hybridized carbons (Fsp3) is 0.458. The van der Waals surface area contributed by atoms with E-state index in [0.29, 0.717) is 18.7 Å². The average Bonchev–Trinajstić information content (AvgIpc) is 2.74. The highest BCUT2D eigenvalue weighted by Gasteiger charge is 2.31. The number of piperidine rings is 1. The summed E-state index contributed by atoms with van der Waals surface area (Å²) in [6.07, 6.45) is 2.79. The molecule has 0 saturated carbocycles. The van der Waals surface area contributed by atoms with Crippen molar-refractivity contribution in [3.8, 4) is 0 Å². The van der Waals surface area contributed by atoms with Crippen molar-refractivity contribution < 1.29 is 13.2 Å². The molecule has 0 N–H and O–H groups in total. The smallest absolute Gasteiger partial charge is 0.254 e. The second kappa shape index (κ2) is 9.40. The number of amides is 1. The first-order valence-corrected chi connectivity index (χ1v) is 12.2. The van der Waals surface area contributed by atoms with Gasteiger partial charge in [0.05, 0.1) is 4.90 Å². The number of aryl methyl sites for hydroxylation is 1. The van der Waals surface area contributed by atoms with Crippen molar-refractivity contribution in [3.05, 3.63) is 59.2 Å². The van der Waals surface area contributed by atoms with Gasteiger partial charge >= 0.3 is 0 Å². The SMILES string of the molecule is Cc1ccc(S(=O)(=O)N2CCCCC2C)cc1C(=O)N(C)Cc1ccc(N(C)C)cc1. The summed E-state index contributed by atoms with van der Waals surface area (Å²) in [4.78, 5) is 17.0. The van der Waals surface area contributed by atoms with Crippen LogP contribution in [0.4, 0.5) is 5.69 Å². The van der Waals surface area contributed by atoms with Gasteiger partial charge in [-0.25, -0.2) is 8.42 Å². The second-order valence-electron chi connectivity index (χ2n) is 8.66. The van der Waals surface area contributed by atoms with Crippen LogP contribution in [0.1, 0.15) is 47.7 Å². The Labute approximate surface area is 186 Å². The number of carbonyl (C=O) groups is 1. The molecule has 31 heavy (non-hydrogen) atoms. The summed E-state index contributed by atoms with van der Waals surface area (Å²) >= 11 is 0. The quantitative estimate of drug-likeness (QED) is 0.679. The molecule has 6 nitrogen and oxygen atoms in total. The Morgan fingerprint density at radius 2 is 1.74 bits per heavy atom. The van der Waals surface area contributed by atoms with Gasteiger partial charge in [0.1, 0.15) is 0 Å². The lowest BCUT2D eigenvalue weighted by molar-refractivity contribution is 0.0784. The van der Waals surface area contributed by atoms with Crippen molar-refractivity contribution in [1.82, 2.24) is 9.21 Å². The van der Waals surface area contributed by atoms with Crippen molar-refractivity contribution in [1.29, 1.82) is 0 Å². The maximum atomic E-state index is 13.2. The second-order valence-corrected chi connectivity index (χ2v) is 10.5. The number of benzene rings is 2. The topological polar surface area (TPSA) is 60.9 Å². The van der Waals surface area contributed by atoms with Crippen LogP contribution >= 0.6 is 0 Å². The normalized spacial score (nSPS) is 17.4. The van der Waals surface area contributed by atoms with Crippen molar-refractivity contribution in [2.45, 2.75) is 50.6 Å². The molecule has 0 bridgehead atoms. The van der Waals surface area contributed by atoms with Crippen LogP contribution in [0.2, 0.25) is 0 Å². The fourth-order valence-corrected chi connectivity index (χ4v) is 5.73. The first-order chi connectivity index (χ1) is 14.6. The molecule has 1 aliphatic rings. The highest BCUT2D eigenvalue weighted by atomic mass is 32.2. The number of anilines is 1. The van der Waals surface area contributed by atoms with Gasteiger partial charge < -0.3 is 9.80 Å². The van der Waals surface area contributed by atoms with E-state index < -0.39 is 10.0 Å². The van der Waals surface area contributed by atoms with Crippen LogP contribution in [-0.2, 0) is 16.6 Å². The zero-order chi connectivity index (χ0) is 22.8. The maximum absolute atomic E-state index is 13.2. The molecule has 1 heterocycles. The molecule has 3 rings (SSSR count). The van der Waals surface area contributed by atoms with Crippen LogP contribution in [0.15, 0.2) is 47.4 Å². The molecule has 1 amide bonds. The summed E-state index contributed by atoms with van der Waals surface area (Å²) in [7, 11) is 2.09. The van der Waals surface area contributed by atoms with E-state index in [-0.39, 0.29) is 16.8 Å². The first-order valence-electron chi connectivity index (χ1n) is 10.8. The molecule has 0 spiro atoms. The Morgan fingerprint density at radius 3 is 2.35 bits per heavy atom. The first kappa shape index (κ1) is 23.3. The van der Waals surface area contributed by atoms with E-state index in [1.54, 1.807) is 34.5 Å². The van der Waals surface area contributed by atoms with E-state index in [2.05, 4.69) is 0 Å². The molecule has 0 aromatic heterocycles. The molecule has 1 unspecified atom stereocenters. The van der Waals surface area contributed by atoms with Gasteiger partial charge in [-0.3, -0.25) is 4.79 Å². The van der Waals surface area contributed by atoms with E-state index in [1.165, 1.54) is 0 Å². The summed E-state index contributed by atoms with van der Waals surface area (Å²) < 4.78 is 28.0. The molecule has 1 aliphatic heterocycles. The van der Waals surface area contributed by atoms with E-state index in [1.807, 2.05) is 57.1 Å². The van der Waals surface area contributed by atoms with Crippen molar-refractivity contribution in [2.75, 3.05) is 32.6 Å². The molecular formula is C24H33N3O3S.